The van der Waals surface area contributed by atoms with Crippen molar-refractivity contribution < 1.29 is 0 Å². The van der Waals surface area contributed by atoms with Gasteiger partial charge in [0.25, 0.3) is 0 Å². The Labute approximate surface area is 89.9 Å². The summed E-state index contributed by atoms with van der Waals surface area (Å²) in [4.78, 5) is 4.24. The fourth-order valence-electron chi connectivity index (χ4n) is 1.34. The summed E-state index contributed by atoms with van der Waals surface area (Å²) in [5.41, 5.74) is 0. The van der Waals surface area contributed by atoms with E-state index in [9.17, 15) is 0 Å². The van der Waals surface area contributed by atoms with Gasteiger partial charge in [0.1, 0.15) is 0 Å². The van der Waals surface area contributed by atoms with Gasteiger partial charge >= 0.3 is 0 Å². The molecule has 0 aliphatic carbocycles. The first-order chi connectivity index (χ1) is 6.83. The summed E-state index contributed by atoms with van der Waals surface area (Å²) in [6.45, 7) is 5.42. The Kier molecular flexibility index (Phi) is 5.75. The molecule has 1 aromatic rings. The molecule has 0 aliphatic heterocycles. The van der Waals surface area contributed by atoms with Gasteiger partial charge in [-0.05, 0) is 26.1 Å². The van der Waals surface area contributed by atoms with E-state index in [1.807, 2.05) is 18.6 Å². The van der Waals surface area contributed by atoms with E-state index in [1.54, 1.807) is 11.3 Å². The highest BCUT2D eigenvalue weighted by Gasteiger charge is 1.99. The van der Waals surface area contributed by atoms with E-state index in [4.69, 9.17) is 0 Å². The van der Waals surface area contributed by atoms with Crippen molar-refractivity contribution in [3.05, 3.63) is 16.6 Å². The van der Waals surface area contributed by atoms with Crippen molar-refractivity contribution in [1.82, 2.24) is 15.6 Å². The van der Waals surface area contributed by atoms with Gasteiger partial charge in [0.05, 0.1) is 5.01 Å². The average molecular weight is 213 g/mol. The Morgan fingerprint density at radius 2 is 2.36 bits per heavy atom. The molecule has 0 amide bonds. The zero-order valence-corrected chi connectivity index (χ0v) is 9.73. The third kappa shape index (κ3) is 4.69. The van der Waals surface area contributed by atoms with Crippen molar-refractivity contribution in [2.75, 3.05) is 26.7 Å². The highest BCUT2D eigenvalue weighted by Crippen LogP contribution is 2.03. The first kappa shape index (κ1) is 11.6. The molecule has 0 aliphatic rings. The summed E-state index contributed by atoms with van der Waals surface area (Å²) in [5, 5.41) is 9.85. The highest BCUT2D eigenvalue weighted by atomic mass is 32.1. The number of nitrogens with one attached hydrogen (secondary N) is 2. The number of thiazole rings is 1. The molecule has 0 aromatic carbocycles. The van der Waals surface area contributed by atoms with Crippen LogP contribution in [0.4, 0.5) is 0 Å². The zero-order chi connectivity index (χ0) is 10.2. The van der Waals surface area contributed by atoms with Gasteiger partial charge in [0, 0.05) is 24.5 Å². The van der Waals surface area contributed by atoms with E-state index in [-0.39, 0.29) is 0 Å². The normalized spacial score (nSPS) is 13.0. The van der Waals surface area contributed by atoms with Crippen molar-refractivity contribution in [2.45, 2.75) is 13.3 Å². The van der Waals surface area contributed by atoms with Gasteiger partial charge in [0.15, 0.2) is 0 Å². The van der Waals surface area contributed by atoms with Crippen LogP contribution in [0.5, 0.6) is 0 Å². The van der Waals surface area contributed by atoms with Gasteiger partial charge in [-0.3, -0.25) is 0 Å². The molecule has 4 heteroatoms. The number of hydrogen-bond donors (Lipinski definition) is 2. The third-order valence-corrected chi connectivity index (χ3v) is 2.88. The van der Waals surface area contributed by atoms with Crippen LogP contribution in [-0.2, 0) is 6.42 Å². The SMILES string of the molecule is CNCC(C)CNCCc1nccs1. The summed E-state index contributed by atoms with van der Waals surface area (Å²) < 4.78 is 0. The largest absolute Gasteiger partial charge is 0.319 e. The molecular formula is C10H19N3S. The summed E-state index contributed by atoms with van der Waals surface area (Å²) in [7, 11) is 1.99. The van der Waals surface area contributed by atoms with E-state index in [0.717, 1.165) is 26.1 Å². The fourth-order valence-corrected chi connectivity index (χ4v) is 1.96. The molecule has 80 valence electrons. The maximum Gasteiger partial charge on any atom is 0.0937 e. The molecule has 1 atom stereocenters. The lowest BCUT2D eigenvalue weighted by Gasteiger charge is -2.10. The summed E-state index contributed by atoms with van der Waals surface area (Å²) in [5.74, 6) is 0.691. The molecule has 1 heterocycles. The second-order valence-corrected chi connectivity index (χ2v) is 4.52. The molecule has 0 saturated carbocycles. The first-order valence-electron chi connectivity index (χ1n) is 5.06. The van der Waals surface area contributed by atoms with Gasteiger partial charge in [-0.1, -0.05) is 6.92 Å². The predicted molar refractivity (Wildman–Crippen MR) is 61.8 cm³/mol. The lowest BCUT2D eigenvalue weighted by atomic mass is 10.2. The molecule has 0 spiro atoms. The average Bonchev–Trinajstić information content (AvgIpc) is 2.65. The van der Waals surface area contributed by atoms with Crippen molar-refractivity contribution in [3.8, 4) is 0 Å². The van der Waals surface area contributed by atoms with Gasteiger partial charge in [-0.2, -0.15) is 0 Å². The van der Waals surface area contributed by atoms with Crippen LogP contribution in [0.25, 0.3) is 0 Å². The lowest BCUT2D eigenvalue weighted by molar-refractivity contribution is 0.493. The Balaban J connectivity index is 1.99. The number of hydrogen-bond acceptors (Lipinski definition) is 4. The van der Waals surface area contributed by atoms with E-state index in [2.05, 4.69) is 22.5 Å². The van der Waals surface area contributed by atoms with Crippen LogP contribution in [-0.4, -0.2) is 31.7 Å². The van der Waals surface area contributed by atoms with Gasteiger partial charge in [-0.15, -0.1) is 11.3 Å². The molecule has 0 fully saturated rings. The van der Waals surface area contributed by atoms with Crippen LogP contribution in [0, 0.1) is 5.92 Å². The lowest BCUT2D eigenvalue weighted by Crippen LogP contribution is -2.29. The van der Waals surface area contributed by atoms with Crippen molar-refractivity contribution in [2.24, 2.45) is 5.92 Å². The molecule has 1 aromatic heterocycles. The van der Waals surface area contributed by atoms with Crippen molar-refractivity contribution >= 4 is 11.3 Å². The summed E-state index contributed by atoms with van der Waals surface area (Å²) in [6, 6.07) is 0. The molecule has 1 unspecified atom stereocenters. The van der Waals surface area contributed by atoms with Crippen LogP contribution < -0.4 is 10.6 Å². The maximum absolute atomic E-state index is 4.24. The zero-order valence-electron chi connectivity index (χ0n) is 8.92. The van der Waals surface area contributed by atoms with E-state index in [1.165, 1.54) is 5.01 Å². The highest BCUT2D eigenvalue weighted by molar-refractivity contribution is 7.09. The minimum Gasteiger partial charge on any atom is -0.319 e. The molecule has 0 bridgehead atoms. The Bertz CT molecular complexity index is 223. The summed E-state index contributed by atoms with van der Waals surface area (Å²) in [6.07, 6.45) is 2.91. The first-order valence-corrected chi connectivity index (χ1v) is 5.94. The number of rotatable bonds is 7. The summed E-state index contributed by atoms with van der Waals surface area (Å²) >= 11 is 1.73. The smallest absolute Gasteiger partial charge is 0.0937 e. The van der Waals surface area contributed by atoms with Crippen molar-refractivity contribution in [1.29, 1.82) is 0 Å². The van der Waals surface area contributed by atoms with E-state index in [0.29, 0.717) is 5.92 Å². The van der Waals surface area contributed by atoms with Gasteiger partial charge in [-0.25, -0.2) is 4.98 Å². The second kappa shape index (κ2) is 6.92. The minimum atomic E-state index is 0.691. The van der Waals surface area contributed by atoms with Crippen LogP contribution in [0.2, 0.25) is 0 Å². The molecule has 3 nitrogen and oxygen atoms in total. The third-order valence-electron chi connectivity index (χ3n) is 2.04. The monoisotopic (exact) mass is 213 g/mol. The van der Waals surface area contributed by atoms with Crippen LogP contribution >= 0.6 is 11.3 Å². The molecular weight excluding hydrogens is 194 g/mol. The molecule has 0 radical (unpaired) electrons. The van der Waals surface area contributed by atoms with Gasteiger partial charge < -0.3 is 10.6 Å². The minimum absolute atomic E-state index is 0.691. The topological polar surface area (TPSA) is 37.0 Å². The van der Waals surface area contributed by atoms with E-state index < -0.39 is 0 Å². The van der Waals surface area contributed by atoms with Gasteiger partial charge in [0.2, 0.25) is 0 Å². The van der Waals surface area contributed by atoms with Crippen LogP contribution in [0.1, 0.15) is 11.9 Å². The Morgan fingerprint density at radius 1 is 1.50 bits per heavy atom. The fraction of sp³-hybridized carbons (Fsp3) is 0.700. The van der Waals surface area contributed by atoms with E-state index >= 15 is 0 Å². The maximum atomic E-state index is 4.24. The quantitative estimate of drug-likeness (QED) is 0.667. The van der Waals surface area contributed by atoms with Crippen LogP contribution in [0.3, 0.4) is 0 Å². The van der Waals surface area contributed by atoms with Crippen molar-refractivity contribution in [3.63, 3.8) is 0 Å². The Morgan fingerprint density at radius 3 is 3.00 bits per heavy atom. The molecule has 14 heavy (non-hydrogen) atoms. The molecule has 2 N–H and O–H groups in total. The Hall–Kier alpha value is -0.450. The van der Waals surface area contributed by atoms with Crippen LogP contribution in [0.15, 0.2) is 11.6 Å². The second-order valence-electron chi connectivity index (χ2n) is 3.54. The predicted octanol–water partition coefficient (Wildman–Crippen LogP) is 1.13. The number of nitrogens with zero attached hydrogens (tertiary/aromatic N) is 1. The molecule has 1 rings (SSSR count). The molecule has 0 saturated heterocycles. The number of aromatic nitrogens is 1. The standard InChI is InChI=1S/C10H19N3S/c1-9(7-11-2)8-12-4-3-10-13-5-6-14-10/h5-6,9,11-12H,3-4,7-8H2,1-2H3.